The van der Waals surface area contributed by atoms with Crippen molar-refractivity contribution >= 4 is 17.7 Å². The molecule has 0 aromatic heterocycles. The van der Waals surface area contributed by atoms with Crippen molar-refractivity contribution < 1.29 is 32.1 Å². The first-order valence-corrected chi connectivity index (χ1v) is 10.7. The molecule has 0 bridgehead atoms. The summed E-state index contributed by atoms with van der Waals surface area (Å²) in [6.45, 7) is 0.208. The Labute approximate surface area is 200 Å². The van der Waals surface area contributed by atoms with Crippen molar-refractivity contribution in [2.75, 3.05) is 26.3 Å². The van der Waals surface area contributed by atoms with Crippen molar-refractivity contribution in [2.24, 2.45) is 0 Å². The van der Waals surface area contributed by atoms with Crippen molar-refractivity contribution in [1.82, 2.24) is 15.1 Å². The standard InChI is InChI=1S/C25H27N3O5/c29-23-9-8-21(24(30)26-23)28-15-20-19(25(28)31)2-1-3-22(20)33-16-18-6-4-17(5-7-18)14-27-10-12-32-13-11-27/h1-7,21H,8-16H2,(H,26,29,30)/t21-/m1/s1/i8D2,9D2,14D2. The van der Waals surface area contributed by atoms with E-state index in [1.54, 1.807) is 41.3 Å². The van der Waals surface area contributed by atoms with Gasteiger partial charge in [-0.3, -0.25) is 24.6 Å². The van der Waals surface area contributed by atoms with Crippen LogP contribution in [0, 0.1) is 0 Å². The number of ether oxygens (including phenoxy) is 2. The van der Waals surface area contributed by atoms with Gasteiger partial charge in [0.05, 0.1) is 19.8 Å². The largest absolute Gasteiger partial charge is 0.489 e. The second-order valence-electron chi connectivity index (χ2n) is 7.90. The van der Waals surface area contributed by atoms with Gasteiger partial charge in [0, 0.05) is 45.3 Å². The third-order valence-electron chi connectivity index (χ3n) is 5.72. The molecule has 172 valence electrons. The van der Waals surface area contributed by atoms with Gasteiger partial charge in [0.1, 0.15) is 18.4 Å². The molecule has 0 spiro atoms. The first-order valence-electron chi connectivity index (χ1n) is 13.7. The van der Waals surface area contributed by atoms with Gasteiger partial charge in [0.25, 0.3) is 5.91 Å². The second-order valence-corrected chi connectivity index (χ2v) is 7.90. The van der Waals surface area contributed by atoms with E-state index in [4.69, 9.17) is 17.7 Å². The van der Waals surface area contributed by atoms with Gasteiger partial charge < -0.3 is 14.4 Å². The summed E-state index contributed by atoms with van der Waals surface area (Å²) < 4.78 is 60.6. The number of fused-ring (bicyclic) bond motifs is 1. The number of hydrogen-bond acceptors (Lipinski definition) is 6. The molecular formula is C25H27N3O5. The van der Waals surface area contributed by atoms with Gasteiger partial charge in [-0.25, -0.2) is 0 Å². The van der Waals surface area contributed by atoms with Crippen LogP contribution in [0.2, 0.25) is 0 Å². The Morgan fingerprint density at radius 3 is 2.64 bits per heavy atom. The lowest BCUT2D eigenvalue weighted by Crippen LogP contribution is -2.52. The number of rotatable bonds is 6. The Kier molecular flexibility index (Phi) is 4.40. The van der Waals surface area contributed by atoms with Crippen LogP contribution in [0.15, 0.2) is 42.5 Å². The van der Waals surface area contributed by atoms with Gasteiger partial charge in [0.2, 0.25) is 11.8 Å². The van der Waals surface area contributed by atoms with Gasteiger partial charge in [-0.1, -0.05) is 30.3 Å². The Balaban J connectivity index is 1.32. The summed E-state index contributed by atoms with van der Waals surface area (Å²) in [7, 11) is 0. The van der Waals surface area contributed by atoms with Crippen LogP contribution in [-0.2, 0) is 34.0 Å². The summed E-state index contributed by atoms with van der Waals surface area (Å²) in [5.41, 5.74) is 1.88. The second kappa shape index (κ2) is 9.33. The Hall–Kier alpha value is -3.23. The van der Waals surface area contributed by atoms with Crippen LogP contribution in [0.4, 0.5) is 0 Å². The zero-order valence-corrected chi connectivity index (χ0v) is 17.8. The molecule has 8 heteroatoms. The fourth-order valence-electron chi connectivity index (χ4n) is 3.99. The van der Waals surface area contributed by atoms with E-state index in [0.717, 1.165) is 10.5 Å². The molecule has 0 unspecified atom stereocenters. The lowest BCUT2D eigenvalue weighted by atomic mass is 10.0. The van der Waals surface area contributed by atoms with Gasteiger partial charge in [-0.15, -0.1) is 0 Å². The average molecular weight is 456 g/mol. The minimum Gasteiger partial charge on any atom is -0.489 e. The highest BCUT2D eigenvalue weighted by atomic mass is 16.5. The van der Waals surface area contributed by atoms with Gasteiger partial charge in [-0.05, 0) is 29.6 Å². The molecule has 1 N–H and O–H groups in total. The van der Waals surface area contributed by atoms with Crippen LogP contribution >= 0.6 is 0 Å². The molecule has 2 fully saturated rings. The number of morpholine rings is 1. The quantitative estimate of drug-likeness (QED) is 0.669. The molecule has 3 heterocycles. The van der Waals surface area contributed by atoms with E-state index in [1.807, 2.05) is 5.32 Å². The highest BCUT2D eigenvalue weighted by Crippen LogP contribution is 2.34. The average Bonchev–Trinajstić information content (AvgIpc) is 3.23. The van der Waals surface area contributed by atoms with Crippen LogP contribution in [0.25, 0.3) is 0 Å². The molecule has 3 aliphatic heterocycles. The van der Waals surface area contributed by atoms with E-state index in [-0.39, 0.29) is 18.7 Å². The maximum absolute atomic E-state index is 13.2. The summed E-state index contributed by atoms with van der Waals surface area (Å²) in [5, 5.41) is 1.84. The van der Waals surface area contributed by atoms with Crippen molar-refractivity contribution in [3.05, 3.63) is 64.7 Å². The summed E-state index contributed by atoms with van der Waals surface area (Å²) in [6, 6.07) is 9.81. The molecule has 3 aliphatic rings. The predicted molar refractivity (Wildman–Crippen MR) is 119 cm³/mol. The van der Waals surface area contributed by atoms with Crippen LogP contribution < -0.4 is 10.1 Å². The lowest BCUT2D eigenvalue weighted by molar-refractivity contribution is -0.136. The van der Waals surface area contributed by atoms with E-state index in [9.17, 15) is 14.4 Å². The number of piperidine rings is 1. The molecule has 5 rings (SSSR count). The van der Waals surface area contributed by atoms with Gasteiger partial charge in [-0.2, -0.15) is 0 Å². The van der Waals surface area contributed by atoms with Crippen molar-refractivity contribution in [3.8, 4) is 5.75 Å². The fourth-order valence-corrected chi connectivity index (χ4v) is 3.99. The molecule has 33 heavy (non-hydrogen) atoms. The van der Waals surface area contributed by atoms with Gasteiger partial charge in [0.15, 0.2) is 0 Å². The number of nitrogens with one attached hydrogen (secondary N) is 1. The van der Waals surface area contributed by atoms with Gasteiger partial charge >= 0.3 is 0 Å². The van der Waals surface area contributed by atoms with Crippen LogP contribution in [-0.4, -0.2) is 59.9 Å². The molecule has 0 saturated carbocycles. The van der Waals surface area contributed by atoms with Crippen LogP contribution in [0.3, 0.4) is 0 Å². The maximum atomic E-state index is 13.2. The molecule has 0 aliphatic carbocycles. The molecule has 8 nitrogen and oxygen atoms in total. The third kappa shape index (κ3) is 4.62. The number of nitrogens with zero attached hydrogens (tertiary/aromatic N) is 2. The first-order chi connectivity index (χ1) is 18.4. The monoisotopic (exact) mass is 455 g/mol. The SMILES string of the molecule is [2H]C([2H])(c1ccc(COc2cccc3c2CN([C@H]2C(=O)NC(=O)C([2H])([2H])C2([2H])[2H])C3=O)cc1)N1CCOCC1. The Morgan fingerprint density at radius 2 is 1.85 bits per heavy atom. The third-order valence-corrected chi connectivity index (χ3v) is 5.72. The molecule has 0 radical (unpaired) electrons. The fraction of sp³-hybridized carbons (Fsp3) is 0.400. The summed E-state index contributed by atoms with van der Waals surface area (Å²) >= 11 is 0. The van der Waals surface area contributed by atoms with Crippen molar-refractivity contribution in [1.29, 1.82) is 0 Å². The molecule has 1 atom stereocenters. The number of benzene rings is 2. The summed E-state index contributed by atoms with van der Waals surface area (Å²) in [6.07, 6.45) is -5.98. The summed E-state index contributed by atoms with van der Waals surface area (Å²) in [4.78, 5) is 40.4. The van der Waals surface area contributed by atoms with E-state index < -0.39 is 43.0 Å². The van der Waals surface area contributed by atoms with Crippen molar-refractivity contribution in [3.63, 3.8) is 0 Å². The van der Waals surface area contributed by atoms with Crippen LogP contribution in [0.5, 0.6) is 5.75 Å². The zero-order valence-electron chi connectivity index (χ0n) is 23.8. The molecule has 2 aromatic carbocycles. The summed E-state index contributed by atoms with van der Waals surface area (Å²) in [5.74, 6) is -2.79. The maximum Gasteiger partial charge on any atom is 0.255 e. The van der Waals surface area contributed by atoms with E-state index in [2.05, 4.69) is 0 Å². The lowest BCUT2D eigenvalue weighted by Gasteiger charge is -2.29. The Bertz CT molecular complexity index is 1310. The Morgan fingerprint density at radius 1 is 1.09 bits per heavy atom. The topological polar surface area (TPSA) is 88.2 Å². The molecular weight excluding hydrogens is 422 g/mol. The van der Waals surface area contributed by atoms with E-state index in [0.29, 0.717) is 43.2 Å². The molecule has 3 amide bonds. The first kappa shape index (κ1) is 15.6. The number of carbonyl (C=O) groups excluding carboxylic acids is 3. The smallest absolute Gasteiger partial charge is 0.255 e. The predicted octanol–water partition coefficient (Wildman–Crippen LogP) is 1.86. The van der Waals surface area contributed by atoms with E-state index in [1.165, 1.54) is 6.07 Å². The highest BCUT2D eigenvalue weighted by Gasteiger charge is 2.40. The minimum atomic E-state index is -3.02. The minimum absolute atomic E-state index is 0.104. The van der Waals surface area contributed by atoms with Crippen LogP contribution in [0.1, 0.15) is 48.0 Å². The zero-order chi connectivity index (χ0) is 28.2. The number of amides is 3. The number of carbonyl (C=O) groups is 3. The van der Waals surface area contributed by atoms with Crippen molar-refractivity contribution in [2.45, 2.75) is 38.4 Å². The molecule has 2 saturated heterocycles. The molecule has 2 aromatic rings. The normalized spacial score (nSPS) is 27.3. The van der Waals surface area contributed by atoms with E-state index >= 15 is 0 Å². The highest BCUT2D eigenvalue weighted by molar-refractivity contribution is 6.05. The number of imide groups is 1. The number of hydrogen-bond donors (Lipinski definition) is 1.